The topological polar surface area (TPSA) is 0 Å². The lowest BCUT2D eigenvalue weighted by Crippen LogP contribution is -2.24. The average molecular weight is 190 g/mol. The predicted molar refractivity (Wildman–Crippen MR) is 60.8 cm³/mol. The van der Waals surface area contributed by atoms with Gasteiger partial charge in [-0.25, -0.2) is 0 Å². The fraction of sp³-hybridized carbons (Fsp3) is 0.857. The standard InChI is InChI=1S/C14H22/c1-4-14(9-10-14)13-7-5-12(6-8-13)11(2)3/h1,11-13H,5-10H2,2-3H3. The van der Waals surface area contributed by atoms with Gasteiger partial charge < -0.3 is 0 Å². The summed E-state index contributed by atoms with van der Waals surface area (Å²) in [5, 5.41) is 0. The van der Waals surface area contributed by atoms with E-state index in [4.69, 9.17) is 6.42 Å². The third kappa shape index (κ3) is 1.70. The van der Waals surface area contributed by atoms with Crippen molar-refractivity contribution in [2.24, 2.45) is 23.2 Å². The smallest absolute Gasteiger partial charge is 0.0341 e. The molecule has 2 rings (SSSR count). The van der Waals surface area contributed by atoms with E-state index in [1.807, 2.05) is 0 Å². The molecule has 0 heterocycles. The van der Waals surface area contributed by atoms with Crippen LogP contribution in [0.4, 0.5) is 0 Å². The minimum absolute atomic E-state index is 0.363. The minimum atomic E-state index is 0.363. The lowest BCUT2D eigenvalue weighted by atomic mass is 9.71. The van der Waals surface area contributed by atoms with Gasteiger partial charge >= 0.3 is 0 Å². The Bertz CT molecular complexity index is 231. The molecule has 2 saturated carbocycles. The van der Waals surface area contributed by atoms with E-state index >= 15 is 0 Å². The summed E-state index contributed by atoms with van der Waals surface area (Å²) >= 11 is 0. The fourth-order valence-electron chi connectivity index (χ4n) is 3.14. The van der Waals surface area contributed by atoms with Crippen LogP contribution in [0, 0.1) is 35.5 Å². The molecule has 0 spiro atoms. The maximum absolute atomic E-state index is 5.64. The summed E-state index contributed by atoms with van der Waals surface area (Å²) in [5.41, 5.74) is 0.363. The highest BCUT2D eigenvalue weighted by atomic mass is 14.5. The third-order valence-electron chi connectivity index (χ3n) is 4.57. The Kier molecular flexibility index (Phi) is 2.60. The Balaban J connectivity index is 1.88. The lowest BCUT2D eigenvalue weighted by molar-refractivity contribution is 0.188. The van der Waals surface area contributed by atoms with Gasteiger partial charge in [-0.05, 0) is 56.3 Å². The Labute approximate surface area is 88.5 Å². The van der Waals surface area contributed by atoms with Crippen molar-refractivity contribution < 1.29 is 0 Å². The normalized spacial score (nSPS) is 35.3. The van der Waals surface area contributed by atoms with Gasteiger partial charge in [-0.3, -0.25) is 0 Å². The van der Waals surface area contributed by atoms with Crippen molar-refractivity contribution in [2.75, 3.05) is 0 Å². The number of terminal acetylenes is 1. The van der Waals surface area contributed by atoms with Gasteiger partial charge in [0.15, 0.2) is 0 Å². The summed E-state index contributed by atoms with van der Waals surface area (Å²) in [5.74, 6) is 5.77. The molecule has 0 atom stereocenters. The maximum Gasteiger partial charge on any atom is 0.0341 e. The Hall–Kier alpha value is -0.440. The largest absolute Gasteiger partial charge is 0.120 e. The van der Waals surface area contributed by atoms with Crippen molar-refractivity contribution in [3.05, 3.63) is 0 Å². The molecule has 2 aliphatic rings. The van der Waals surface area contributed by atoms with E-state index in [1.165, 1.54) is 38.5 Å². The molecule has 0 aromatic heterocycles. The highest BCUT2D eigenvalue weighted by Gasteiger charge is 2.48. The molecule has 0 amide bonds. The second-order valence-electron chi connectivity index (χ2n) is 5.66. The molecular weight excluding hydrogens is 168 g/mol. The van der Waals surface area contributed by atoms with E-state index in [9.17, 15) is 0 Å². The van der Waals surface area contributed by atoms with Gasteiger partial charge in [-0.1, -0.05) is 19.8 Å². The molecule has 0 unspecified atom stereocenters. The maximum atomic E-state index is 5.64. The second-order valence-corrected chi connectivity index (χ2v) is 5.66. The molecule has 0 aromatic rings. The van der Waals surface area contributed by atoms with Gasteiger partial charge in [0.25, 0.3) is 0 Å². The molecule has 14 heavy (non-hydrogen) atoms. The van der Waals surface area contributed by atoms with Gasteiger partial charge in [0, 0.05) is 5.41 Å². The molecule has 0 heteroatoms. The third-order valence-corrected chi connectivity index (χ3v) is 4.57. The van der Waals surface area contributed by atoms with Gasteiger partial charge in [0.2, 0.25) is 0 Å². The van der Waals surface area contributed by atoms with Crippen LogP contribution in [0.25, 0.3) is 0 Å². The second kappa shape index (κ2) is 3.61. The first-order valence-corrected chi connectivity index (χ1v) is 6.16. The molecule has 0 aliphatic heterocycles. The molecule has 0 saturated heterocycles. The molecule has 0 N–H and O–H groups in total. The van der Waals surface area contributed by atoms with Crippen molar-refractivity contribution in [2.45, 2.75) is 52.4 Å². The zero-order chi connectivity index (χ0) is 10.2. The number of hydrogen-bond acceptors (Lipinski definition) is 0. The zero-order valence-electron chi connectivity index (χ0n) is 9.55. The Morgan fingerprint density at radius 3 is 2.07 bits per heavy atom. The van der Waals surface area contributed by atoms with Crippen LogP contribution in [0.3, 0.4) is 0 Å². The highest BCUT2D eigenvalue weighted by molar-refractivity contribution is 5.18. The quantitative estimate of drug-likeness (QED) is 0.580. The van der Waals surface area contributed by atoms with Crippen LogP contribution in [-0.4, -0.2) is 0 Å². The minimum Gasteiger partial charge on any atom is -0.120 e. The summed E-state index contributed by atoms with van der Waals surface area (Å²) in [6.45, 7) is 4.72. The summed E-state index contributed by atoms with van der Waals surface area (Å²) in [7, 11) is 0. The summed E-state index contributed by atoms with van der Waals surface area (Å²) in [4.78, 5) is 0. The highest BCUT2D eigenvalue weighted by Crippen LogP contribution is 2.56. The van der Waals surface area contributed by atoms with Crippen LogP contribution < -0.4 is 0 Å². The predicted octanol–water partition coefficient (Wildman–Crippen LogP) is 3.86. The summed E-state index contributed by atoms with van der Waals surface area (Å²) < 4.78 is 0. The monoisotopic (exact) mass is 190 g/mol. The van der Waals surface area contributed by atoms with E-state index in [1.54, 1.807) is 0 Å². The molecule has 0 bridgehead atoms. The average Bonchev–Trinajstić information content (AvgIpc) is 2.99. The summed E-state index contributed by atoms with van der Waals surface area (Å²) in [6, 6.07) is 0. The van der Waals surface area contributed by atoms with Gasteiger partial charge in [0.1, 0.15) is 0 Å². The molecule has 78 valence electrons. The summed E-state index contributed by atoms with van der Waals surface area (Å²) in [6.07, 6.45) is 13.9. The first-order chi connectivity index (χ1) is 6.68. The number of hydrogen-bond donors (Lipinski definition) is 0. The van der Waals surface area contributed by atoms with Gasteiger partial charge in [0.05, 0.1) is 0 Å². The van der Waals surface area contributed by atoms with Crippen molar-refractivity contribution >= 4 is 0 Å². The molecule has 0 nitrogen and oxygen atoms in total. The van der Waals surface area contributed by atoms with E-state index in [0.29, 0.717) is 5.41 Å². The molecule has 2 aliphatic carbocycles. The van der Waals surface area contributed by atoms with Crippen molar-refractivity contribution in [1.29, 1.82) is 0 Å². The zero-order valence-corrected chi connectivity index (χ0v) is 9.55. The van der Waals surface area contributed by atoms with E-state index in [0.717, 1.165) is 17.8 Å². The van der Waals surface area contributed by atoms with Crippen LogP contribution in [-0.2, 0) is 0 Å². The van der Waals surface area contributed by atoms with Crippen LogP contribution >= 0.6 is 0 Å². The van der Waals surface area contributed by atoms with Crippen LogP contribution in [0.2, 0.25) is 0 Å². The van der Waals surface area contributed by atoms with Crippen molar-refractivity contribution in [3.8, 4) is 12.3 Å². The Morgan fingerprint density at radius 1 is 1.14 bits per heavy atom. The van der Waals surface area contributed by atoms with Gasteiger partial charge in [-0.2, -0.15) is 0 Å². The van der Waals surface area contributed by atoms with Crippen molar-refractivity contribution in [1.82, 2.24) is 0 Å². The SMILES string of the molecule is C#CC1(C2CCC(C(C)C)CC2)CC1. The molecular formula is C14H22. The van der Waals surface area contributed by atoms with Crippen molar-refractivity contribution in [3.63, 3.8) is 0 Å². The first-order valence-electron chi connectivity index (χ1n) is 6.16. The number of rotatable bonds is 2. The van der Waals surface area contributed by atoms with E-state index in [-0.39, 0.29) is 0 Å². The fourth-order valence-corrected chi connectivity index (χ4v) is 3.14. The van der Waals surface area contributed by atoms with E-state index in [2.05, 4.69) is 19.8 Å². The first kappa shape index (κ1) is 10.1. The Morgan fingerprint density at radius 2 is 1.71 bits per heavy atom. The molecule has 2 fully saturated rings. The van der Waals surface area contributed by atoms with Crippen LogP contribution in [0.15, 0.2) is 0 Å². The lowest BCUT2D eigenvalue weighted by Gasteiger charge is -2.33. The van der Waals surface area contributed by atoms with Crippen LogP contribution in [0.5, 0.6) is 0 Å². The van der Waals surface area contributed by atoms with Gasteiger partial charge in [-0.15, -0.1) is 6.42 Å². The molecule has 0 radical (unpaired) electrons. The molecule has 0 aromatic carbocycles. The van der Waals surface area contributed by atoms with Crippen LogP contribution in [0.1, 0.15) is 52.4 Å². The van der Waals surface area contributed by atoms with E-state index < -0.39 is 0 Å².